The number of rotatable bonds is 5. The van der Waals surface area contributed by atoms with E-state index in [4.69, 9.17) is 4.74 Å². The summed E-state index contributed by atoms with van der Waals surface area (Å²) >= 11 is 0. The zero-order valence-corrected chi connectivity index (χ0v) is 13.2. The van der Waals surface area contributed by atoms with Gasteiger partial charge in [-0.25, -0.2) is 0 Å². The highest BCUT2D eigenvalue weighted by atomic mass is 16.5. The number of esters is 1. The molecule has 0 radical (unpaired) electrons. The molecule has 0 aliphatic heterocycles. The Morgan fingerprint density at radius 3 is 2.96 bits per heavy atom. The molecule has 0 bridgehead atoms. The van der Waals surface area contributed by atoms with Crippen molar-refractivity contribution in [2.24, 2.45) is 13.0 Å². The smallest absolute Gasteiger partial charge is 0.309 e. The Labute approximate surface area is 134 Å². The zero-order chi connectivity index (χ0) is 16.4. The molecule has 1 aromatic heterocycles. The molecule has 1 saturated carbocycles. The molecular formula is C17H19N3O3. The highest BCUT2D eigenvalue weighted by Gasteiger charge is 2.45. The van der Waals surface area contributed by atoms with E-state index in [1.54, 1.807) is 23.0 Å². The third kappa shape index (κ3) is 3.77. The predicted octanol–water partition coefficient (Wildman–Crippen LogP) is 2.23. The van der Waals surface area contributed by atoms with Gasteiger partial charge in [0.1, 0.15) is 6.61 Å². The first-order valence-electron chi connectivity index (χ1n) is 7.54. The fourth-order valence-electron chi connectivity index (χ4n) is 2.66. The number of aromatic nitrogens is 2. The Hall–Kier alpha value is -2.63. The number of hydrogen-bond donors (Lipinski definition) is 1. The summed E-state index contributed by atoms with van der Waals surface area (Å²) in [6.45, 7) is 1.67. The van der Waals surface area contributed by atoms with Gasteiger partial charge in [-0.05, 0) is 29.7 Å². The molecule has 1 aliphatic carbocycles. The van der Waals surface area contributed by atoms with E-state index in [1.165, 1.54) is 6.92 Å². The second-order valence-electron chi connectivity index (χ2n) is 5.89. The lowest BCUT2D eigenvalue weighted by Gasteiger charge is -2.07. The number of carbonyl (C=O) groups excluding carboxylic acids is 2. The van der Waals surface area contributed by atoms with Crippen LogP contribution in [-0.2, 0) is 28.0 Å². The topological polar surface area (TPSA) is 73.2 Å². The summed E-state index contributed by atoms with van der Waals surface area (Å²) in [4.78, 5) is 23.2. The van der Waals surface area contributed by atoms with E-state index in [-0.39, 0.29) is 30.3 Å². The monoisotopic (exact) mass is 313 g/mol. The molecule has 120 valence electrons. The second kappa shape index (κ2) is 6.24. The Morgan fingerprint density at radius 2 is 2.26 bits per heavy atom. The largest absolute Gasteiger partial charge is 0.461 e. The predicted molar refractivity (Wildman–Crippen MR) is 84.6 cm³/mol. The van der Waals surface area contributed by atoms with Gasteiger partial charge in [0.25, 0.3) is 0 Å². The maximum absolute atomic E-state index is 12.1. The van der Waals surface area contributed by atoms with Crippen LogP contribution in [0, 0.1) is 5.92 Å². The van der Waals surface area contributed by atoms with Crippen LogP contribution in [0.4, 0.5) is 5.69 Å². The van der Waals surface area contributed by atoms with Gasteiger partial charge < -0.3 is 10.1 Å². The number of nitrogens with zero attached hydrogens (tertiary/aromatic N) is 2. The van der Waals surface area contributed by atoms with Crippen LogP contribution in [0.15, 0.2) is 36.7 Å². The lowest BCUT2D eigenvalue weighted by molar-refractivity contribution is -0.146. The summed E-state index contributed by atoms with van der Waals surface area (Å²) in [5, 5.41) is 6.84. The van der Waals surface area contributed by atoms with Gasteiger partial charge in [-0.15, -0.1) is 0 Å². The van der Waals surface area contributed by atoms with Crippen LogP contribution in [-0.4, -0.2) is 21.7 Å². The first-order valence-corrected chi connectivity index (χ1v) is 7.54. The van der Waals surface area contributed by atoms with Crippen LogP contribution in [0.3, 0.4) is 0 Å². The first kappa shape index (κ1) is 15.3. The summed E-state index contributed by atoms with van der Waals surface area (Å²) in [7, 11) is 1.86. The van der Waals surface area contributed by atoms with Crippen LogP contribution >= 0.6 is 0 Å². The summed E-state index contributed by atoms with van der Waals surface area (Å²) in [6.07, 6.45) is 4.56. The van der Waals surface area contributed by atoms with E-state index in [0.717, 1.165) is 17.5 Å². The van der Waals surface area contributed by atoms with Gasteiger partial charge in [-0.1, -0.05) is 12.1 Å². The molecule has 0 unspecified atom stereocenters. The molecule has 3 rings (SSSR count). The van der Waals surface area contributed by atoms with Crippen LogP contribution in [0.25, 0.3) is 0 Å². The van der Waals surface area contributed by atoms with Crippen molar-refractivity contribution < 1.29 is 14.3 Å². The molecule has 2 aromatic rings. The zero-order valence-electron chi connectivity index (χ0n) is 13.2. The first-order chi connectivity index (χ1) is 11.0. The van der Waals surface area contributed by atoms with Gasteiger partial charge in [-0.3, -0.25) is 14.3 Å². The average Bonchev–Trinajstić information content (AvgIpc) is 3.19. The molecule has 1 N–H and O–H groups in total. The highest BCUT2D eigenvalue weighted by Crippen LogP contribution is 2.48. The Bertz CT molecular complexity index is 738. The van der Waals surface area contributed by atoms with Crippen molar-refractivity contribution in [1.29, 1.82) is 0 Å². The maximum Gasteiger partial charge on any atom is 0.309 e. The van der Waals surface area contributed by atoms with E-state index in [0.29, 0.717) is 5.69 Å². The molecule has 1 aromatic carbocycles. The van der Waals surface area contributed by atoms with E-state index in [1.807, 2.05) is 25.4 Å². The van der Waals surface area contributed by atoms with E-state index < -0.39 is 0 Å². The van der Waals surface area contributed by atoms with E-state index in [2.05, 4.69) is 10.4 Å². The molecule has 1 amide bonds. The summed E-state index contributed by atoms with van der Waals surface area (Å²) < 4.78 is 7.13. The van der Waals surface area contributed by atoms with Crippen molar-refractivity contribution in [3.8, 4) is 0 Å². The molecule has 6 heteroatoms. The standard InChI is InChI=1S/C17H19N3O3/c1-11(21)19-14-5-3-4-12(6-14)10-23-17(22)16-7-15(16)13-8-18-20(2)9-13/h3-6,8-9,15-16H,7,10H2,1-2H3,(H,19,21)/t15-,16-/m0/s1. The van der Waals surface area contributed by atoms with E-state index >= 15 is 0 Å². The summed E-state index contributed by atoms with van der Waals surface area (Å²) in [5.41, 5.74) is 2.64. The number of nitrogens with one attached hydrogen (secondary N) is 1. The minimum Gasteiger partial charge on any atom is -0.461 e. The summed E-state index contributed by atoms with van der Waals surface area (Å²) in [6, 6.07) is 7.29. The molecule has 1 fully saturated rings. The normalized spacial score (nSPS) is 19.2. The number of hydrogen-bond acceptors (Lipinski definition) is 4. The fraction of sp³-hybridized carbons (Fsp3) is 0.353. The van der Waals surface area contributed by atoms with Crippen LogP contribution in [0.1, 0.15) is 30.4 Å². The minimum absolute atomic E-state index is 0.0715. The van der Waals surface area contributed by atoms with Crippen molar-refractivity contribution in [2.45, 2.75) is 25.9 Å². The molecule has 2 atom stereocenters. The lowest BCUT2D eigenvalue weighted by Crippen LogP contribution is -2.09. The second-order valence-corrected chi connectivity index (χ2v) is 5.89. The molecule has 1 heterocycles. The van der Waals surface area contributed by atoms with Crippen molar-refractivity contribution >= 4 is 17.6 Å². The number of amides is 1. The number of ether oxygens (including phenoxy) is 1. The van der Waals surface area contributed by atoms with Crippen LogP contribution in [0.5, 0.6) is 0 Å². The maximum atomic E-state index is 12.1. The Balaban J connectivity index is 1.53. The van der Waals surface area contributed by atoms with Gasteiger partial charge >= 0.3 is 5.97 Å². The third-order valence-electron chi connectivity index (χ3n) is 3.87. The Kier molecular flexibility index (Phi) is 4.14. The Morgan fingerprint density at radius 1 is 1.43 bits per heavy atom. The highest BCUT2D eigenvalue weighted by molar-refractivity contribution is 5.88. The van der Waals surface area contributed by atoms with Crippen molar-refractivity contribution in [3.05, 3.63) is 47.8 Å². The molecular weight excluding hydrogens is 294 g/mol. The SMILES string of the molecule is CC(=O)Nc1cccc(COC(=O)[C@H]2C[C@H]2c2cnn(C)c2)c1. The van der Waals surface area contributed by atoms with Gasteiger partial charge in [0.15, 0.2) is 0 Å². The molecule has 23 heavy (non-hydrogen) atoms. The minimum atomic E-state index is -0.177. The van der Waals surface area contributed by atoms with Gasteiger partial charge in [0.2, 0.25) is 5.91 Å². The third-order valence-corrected chi connectivity index (χ3v) is 3.87. The van der Waals surface area contributed by atoms with E-state index in [9.17, 15) is 9.59 Å². The van der Waals surface area contributed by atoms with Gasteiger partial charge in [0.05, 0.1) is 12.1 Å². The number of anilines is 1. The lowest BCUT2D eigenvalue weighted by atomic mass is 10.2. The number of aryl methyl sites for hydroxylation is 1. The molecule has 1 aliphatic rings. The van der Waals surface area contributed by atoms with Crippen LogP contribution < -0.4 is 5.32 Å². The van der Waals surface area contributed by atoms with Gasteiger partial charge in [-0.2, -0.15) is 5.10 Å². The average molecular weight is 313 g/mol. The number of carbonyl (C=O) groups is 2. The summed E-state index contributed by atoms with van der Waals surface area (Å²) in [5.74, 6) is -0.153. The van der Waals surface area contributed by atoms with Crippen LogP contribution in [0.2, 0.25) is 0 Å². The molecule has 6 nitrogen and oxygen atoms in total. The quantitative estimate of drug-likeness (QED) is 0.859. The van der Waals surface area contributed by atoms with Crippen molar-refractivity contribution in [3.63, 3.8) is 0 Å². The molecule has 0 spiro atoms. The van der Waals surface area contributed by atoms with Crippen molar-refractivity contribution in [1.82, 2.24) is 9.78 Å². The fourth-order valence-corrected chi connectivity index (χ4v) is 2.66. The molecule has 0 saturated heterocycles. The van der Waals surface area contributed by atoms with Crippen molar-refractivity contribution in [2.75, 3.05) is 5.32 Å². The van der Waals surface area contributed by atoms with Gasteiger partial charge in [0, 0.05) is 31.8 Å². The number of benzene rings is 1.